The van der Waals surface area contributed by atoms with Crippen molar-refractivity contribution in [3.63, 3.8) is 0 Å². The highest BCUT2D eigenvalue weighted by Gasteiger charge is 2.16. The molecule has 0 aliphatic heterocycles. The Kier molecular flexibility index (Phi) is 5.94. The molecule has 3 aromatic carbocycles. The van der Waals surface area contributed by atoms with E-state index in [0.717, 1.165) is 5.75 Å². The van der Waals surface area contributed by atoms with E-state index in [2.05, 4.69) is 5.32 Å². The average Bonchev–Trinajstić information content (AvgIpc) is 2.69. The van der Waals surface area contributed by atoms with Gasteiger partial charge >= 0.3 is 0 Å². The van der Waals surface area contributed by atoms with Crippen molar-refractivity contribution in [2.24, 2.45) is 0 Å². The summed E-state index contributed by atoms with van der Waals surface area (Å²) >= 11 is 0. The minimum atomic E-state index is -0.693. The summed E-state index contributed by atoms with van der Waals surface area (Å²) in [7, 11) is 1.56. The maximum absolute atomic E-state index is 12.4. The number of hydrogen-bond donors (Lipinski definition) is 1. The van der Waals surface area contributed by atoms with Crippen LogP contribution in [0.2, 0.25) is 0 Å². The number of amides is 1. The number of benzene rings is 3. The lowest BCUT2D eigenvalue weighted by Gasteiger charge is -2.16. The molecule has 1 atom stereocenters. The maximum atomic E-state index is 12.4. The highest BCUT2D eigenvalue weighted by molar-refractivity contribution is 5.95. The molecular weight excluding hydrogens is 342 g/mol. The third-order valence-electron chi connectivity index (χ3n) is 3.83. The summed E-state index contributed by atoms with van der Waals surface area (Å²) in [5.74, 6) is 2.24. The van der Waals surface area contributed by atoms with Crippen LogP contribution in [0.15, 0.2) is 78.9 Å². The van der Waals surface area contributed by atoms with Gasteiger partial charge in [-0.1, -0.05) is 36.4 Å². The van der Waals surface area contributed by atoms with Crippen molar-refractivity contribution in [3.05, 3.63) is 78.9 Å². The number of para-hydroxylation sites is 3. The largest absolute Gasteiger partial charge is 0.495 e. The standard InChI is InChI=1S/C22H21NO4/c1-16(22(24)23-20-13-6-7-14-21(20)25-2)26-18-11-8-12-19(15-18)27-17-9-4-3-5-10-17/h3-16H,1-2H3,(H,23,24). The van der Waals surface area contributed by atoms with E-state index < -0.39 is 6.10 Å². The van der Waals surface area contributed by atoms with Crippen LogP contribution < -0.4 is 19.5 Å². The second-order valence-corrected chi connectivity index (χ2v) is 5.84. The summed E-state index contributed by atoms with van der Waals surface area (Å²) in [6, 6.07) is 23.9. The summed E-state index contributed by atoms with van der Waals surface area (Å²) < 4.78 is 16.8. The third kappa shape index (κ3) is 5.01. The molecule has 0 aliphatic rings. The lowest BCUT2D eigenvalue weighted by molar-refractivity contribution is -0.122. The molecule has 27 heavy (non-hydrogen) atoms. The molecule has 0 radical (unpaired) electrons. The first-order valence-corrected chi connectivity index (χ1v) is 8.59. The molecule has 0 aromatic heterocycles. The Hall–Kier alpha value is -3.47. The van der Waals surface area contributed by atoms with Crippen LogP contribution in [0, 0.1) is 0 Å². The fraction of sp³-hybridized carbons (Fsp3) is 0.136. The Bertz CT molecular complexity index is 896. The van der Waals surface area contributed by atoms with E-state index >= 15 is 0 Å². The van der Waals surface area contributed by atoms with Crippen LogP contribution in [0.5, 0.6) is 23.0 Å². The molecule has 3 aromatic rings. The van der Waals surface area contributed by atoms with Crippen LogP contribution in [0.4, 0.5) is 5.69 Å². The SMILES string of the molecule is COc1ccccc1NC(=O)C(C)Oc1cccc(Oc2ccccc2)c1. The van der Waals surface area contributed by atoms with Gasteiger partial charge in [-0.15, -0.1) is 0 Å². The number of hydrogen-bond acceptors (Lipinski definition) is 4. The molecule has 5 nitrogen and oxygen atoms in total. The molecule has 0 heterocycles. The Balaban J connectivity index is 1.64. The predicted octanol–water partition coefficient (Wildman–Crippen LogP) is 4.89. The molecule has 0 fully saturated rings. The van der Waals surface area contributed by atoms with E-state index in [1.54, 1.807) is 38.3 Å². The number of methoxy groups -OCH3 is 1. The fourth-order valence-corrected chi connectivity index (χ4v) is 2.48. The maximum Gasteiger partial charge on any atom is 0.265 e. The molecule has 1 unspecified atom stereocenters. The van der Waals surface area contributed by atoms with Gasteiger partial charge in [-0.05, 0) is 43.3 Å². The topological polar surface area (TPSA) is 56.8 Å². The molecule has 3 rings (SSSR count). The van der Waals surface area contributed by atoms with E-state index in [4.69, 9.17) is 14.2 Å². The Morgan fingerprint density at radius 2 is 1.52 bits per heavy atom. The molecule has 138 valence electrons. The van der Waals surface area contributed by atoms with E-state index in [9.17, 15) is 4.79 Å². The van der Waals surface area contributed by atoms with Crippen LogP contribution in [0.3, 0.4) is 0 Å². The number of anilines is 1. The van der Waals surface area contributed by atoms with Crippen molar-refractivity contribution in [1.82, 2.24) is 0 Å². The molecule has 1 N–H and O–H groups in total. The molecule has 0 bridgehead atoms. The molecule has 5 heteroatoms. The van der Waals surface area contributed by atoms with Crippen molar-refractivity contribution in [1.29, 1.82) is 0 Å². The summed E-state index contributed by atoms with van der Waals surface area (Å²) in [4.78, 5) is 12.4. The summed E-state index contributed by atoms with van der Waals surface area (Å²) in [6.07, 6.45) is -0.693. The monoisotopic (exact) mass is 363 g/mol. The molecule has 0 saturated heterocycles. The normalized spacial score (nSPS) is 11.3. The lowest BCUT2D eigenvalue weighted by Crippen LogP contribution is -2.30. The number of rotatable bonds is 7. The second kappa shape index (κ2) is 8.76. The fourth-order valence-electron chi connectivity index (χ4n) is 2.48. The van der Waals surface area contributed by atoms with Crippen molar-refractivity contribution < 1.29 is 19.0 Å². The van der Waals surface area contributed by atoms with Crippen molar-refractivity contribution in [2.45, 2.75) is 13.0 Å². The zero-order valence-electron chi connectivity index (χ0n) is 15.2. The Morgan fingerprint density at radius 3 is 2.30 bits per heavy atom. The van der Waals surface area contributed by atoms with E-state index in [-0.39, 0.29) is 5.91 Å². The van der Waals surface area contributed by atoms with Gasteiger partial charge in [-0.3, -0.25) is 4.79 Å². The van der Waals surface area contributed by atoms with E-state index in [1.165, 1.54) is 0 Å². The van der Waals surface area contributed by atoms with Gasteiger partial charge in [-0.2, -0.15) is 0 Å². The van der Waals surface area contributed by atoms with Crippen LogP contribution in [-0.4, -0.2) is 19.1 Å². The number of carbonyl (C=O) groups excluding carboxylic acids is 1. The van der Waals surface area contributed by atoms with Gasteiger partial charge in [0.2, 0.25) is 0 Å². The van der Waals surface area contributed by atoms with Crippen LogP contribution in [-0.2, 0) is 4.79 Å². The predicted molar refractivity (Wildman–Crippen MR) is 105 cm³/mol. The summed E-state index contributed by atoms with van der Waals surface area (Å²) in [5, 5.41) is 2.82. The van der Waals surface area contributed by atoms with Gasteiger partial charge < -0.3 is 19.5 Å². The first-order chi connectivity index (χ1) is 13.2. The van der Waals surface area contributed by atoms with Gasteiger partial charge in [0.05, 0.1) is 12.8 Å². The number of nitrogens with one attached hydrogen (secondary N) is 1. The van der Waals surface area contributed by atoms with Gasteiger partial charge in [-0.25, -0.2) is 0 Å². The van der Waals surface area contributed by atoms with Gasteiger partial charge in [0.1, 0.15) is 23.0 Å². The highest BCUT2D eigenvalue weighted by Crippen LogP contribution is 2.26. The highest BCUT2D eigenvalue weighted by atomic mass is 16.5. The Morgan fingerprint density at radius 1 is 0.852 bits per heavy atom. The second-order valence-electron chi connectivity index (χ2n) is 5.84. The van der Waals surface area contributed by atoms with Crippen molar-refractivity contribution >= 4 is 11.6 Å². The van der Waals surface area contributed by atoms with Crippen LogP contribution in [0.25, 0.3) is 0 Å². The molecule has 0 spiro atoms. The van der Waals surface area contributed by atoms with E-state index in [1.807, 2.05) is 54.6 Å². The van der Waals surface area contributed by atoms with Crippen LogP contribution >= 0.6 is 0 Å². The third-order valence-corrected chi connectivity index (χ3v) is 3.83. The van der Waals surface area contributed by atoms with Crippen molar-refractivity contribution in [2.75, 3.05) is 12.4 Å². The lowest BCUT2D eigenvalue weighted by atomic mass is 10.2. The minimum absolute atomic E-state index is 0.270. The molecular formula is C22H21NO4. The minimum Gasteiger partial charge on any atom is -0.495 e. The van der Waals surface area contributed by atoms with E-state index in [0.29, 0.717) is 22.9 Å². The zero-order chi connectivity index (χ0) is 19.1. The van der Waals surface area contributed by atoms with Crippen molar-refractivity contribution in [3.8, 4) is 23.0 Å². The quantitative estimate of drug-likeness (QED) is 0.649. The van der Waals surface area contributed by atoms with Gasteiger partial charge in [0, 0.05) is 6.07 Å². The summed E-state index contributed by atoms with van der Waals surface area (Å²) in [6.45, 7) is 1.69. The average molecular weight is 363 g/mol. The smallest absolute Gasteiger partial charge is 0.265 e. The van der Waals surface area contributed by atoms with Gasteiger partial charge in [0.25, 0.3) is 5.91 Å². The number of ether oxygens (including phenoxy) is 3. The number of carbonyl (C=O) groups is 1. The Labute approximate surface area is 158 Å². The first-order valence-electron chi connectivity index (χ1n) is 8.59. The molecule has 0 saturated carbocycles. The van der Waals surface area contributed by atoms with Crippen LogP contribution in [0.1, 0.15) is 6.92 Å². The first kappa shape index (κ1) is 18.3. The summed E-state index contributed by atoms with van der Waals surface area (Å²) in [5.41, 5.74) is 0.599. The zero-order valence-corrected chi connectivity index (χ0v) is 15.2. The molecule has 1 amide bonds. The molecule has 0 aliphatic carbocycles. The van der Waals surface area contributed by atoms with Gasteiger partial charge in [0.15, 0.2) is 6.10 Å².